The fourth-order valence-electron chi connectivity index (χ4n) is 1.40. The van der Waals surface area contributed by atoms with Crippen molar-refractivity contribution in [1.82, 2.24) is 14.4 Å². The van der Waals surface area contributed by atoms with E-state index in [1.807, 2.05) is 13.8 Å². The average Bonchev–Trinajstić information content (AvgIpc) is 2.53. The lowest BCUT2D eigenvalue weighted by Crippen LogP contribution is -1.95. The molecule has 0 aliphatic carbocycles. The van der Waals surface area contributed by atoms with E-state index in [0.717, 1.165) is 17.0 Å². The number of imidazole rings is 1. The normalized spacial score (nSPS) is 10.2. The number of aryl methyl sites for hydroxylation is 2. The van der Waals surface area contributed by atoms with E-state index in [0.29, 0.717) is 5.82 Å². The molecule has 4 heteroatoms. The third-order valence-corrected chi connectivity index (χ3v) is 1.96. The van der Waals surface area contributed by atoms with Gasteiger partial charge in [-0.15, -0.1) is 0 Å². The predicted molar refractivity (Wildman–Crippen MR) is 48.7 cm³/mol. The molecule has 4 nitrogen and oxygen atoms in total. The van der Waals surface area contributed by atoms with Gasteiger partial charge in [-0.25, -0.2) is 9.38 Å². The minimum Gasteiger partial charge on any atom is -0.362 e. The van der Waals surface area contributed by atoms with Gasteiger partial charge in [0.25, 0.3) is 5.82 Å². The molecule has 0 N–H and O–H groups in total. The topological polar surface area (TPSA) is 34.5 Å². The Morgan fingerprint density at radius 1 is 1.38 bits per heavy atom. The number of rotatable bonds is 0. The monoisotopic (exact) mass is 172 g/mol. The largest absolute Gasteiger partial charge is 0.362 e. The molecule has 2 aromatic rings. The van der Waals surface area contributed by atoms with Crippen LogP contribution >= 0.6 is 0 Å². The van der Waals surface area contributed by atoms with Crippen LogP contribution in [0.15, 0.2) is 12.4 Å². The van der Waals surface area contributed by atoms with Crippen LogP contribution in [-0.2, 0) is 0 Å². The summed E-state index contributed by atoms with van der Waals surface area (Å²) in [5.41, 5.74) is 2.37. The summed E-state index contributed by atoms with van der Waals surface area (Å²) in [5.74, 6) is 0.540. The van der Waals surface area contributed by atoms with Gasteiger partial charge in [0.15, 0.2) is 0 Å². The van der Waals surface area contributed by atoms with Crippen LogP contribution in [0, 0.1) is 20.4 Å². The summed E-state index contributed by atoms with van der Waals surface area (Å²) in [6.07, 6.45) is 3.46. The molecule has 0 amide bonds. The highest BCUT2D eigenvalue weighted by Crippen LogP contribution is 2.19. The van der Waals surface area contributed by atoms with E-state index < -0.39 is 0 Å². The van der Waals surface area contributed by atoms with Gasteiger partial charge in [0.1, 0.15) is 5.69 Å². The van der Waals surface area contributed by atoms with E-state index in [-0.39, 0.29) is 0 Å². The van der Waals surface area contributed by atoms with Gasteiger partial charge in [-0.3, -0.25) is 4.98 Å². The van der Waals surface area contributed by atoms with Crippen molar-refractivity contribution in [3.63, 3.8) is 0 Å². The Kier molecular flexibility index (Phi) is 1.52. The molecule has 0 fully saturated rings. The molecule has 0 bridgehead atoms. The molecule has 0 aliphatic rings. The summed E-state index contributed by atoms with van der Waals surface area (Å²) in [6.45, 7) is 10.7. The molecule has 0 aromatic carbocycles. The Hall–Kier alpha value is -1.89. The van der Waals surface area contributed by atoms with Gasteiger partial charge in [-0.2, -0.15) is 0 Å². The van der Waals surface area contributed by atoms with Crippen molar-refractivity contribution in [3.05, 3.63) is 35.2 Å². The molecule has 0 atom stereocenters. The number of hydrogen-bond acceptors (Lipinski definition) is 2. The molecule has 2 heterocycles. The Labute approximate surface area is 75.7 Å². The molecule has 0 spiro atoms. The molecule has 0 aliphatic heterocycles. The highest BCUT2D eigenvalue weighted by molar-refractivity contribution is 5.55. The Balaban J connectivity index is 2.99. The van der Waals surface area contributed by atoms with Crippen LogP contribution in [0.3, 0.4) is 0 Å². The Bertz CT molecular complexity index is 504. The first kappa shape index (κ1) is 7.74. The lowest BCUT2D eigenvalue weighted by Gasteiger charge is -2.01. The second kappa shape index (κ2) is 2.56. The lowest BCUT2D eigenvalue weighted by molar-refractivity contribution is 1.05. The minimum atomic E-state index is 0.540. The second-order valence-electron chi connectivity index (χ2n) is 2.84. The quantitative estimate of drug-likeness (QED) is 0.569. The standard InChI is InChI=1S/C9H8N4/c1-6-8(10-3)13-5-4-11-9(13)7(2)12-6/h4-5H,1-2H3. The van der Waals surface area contributed by atoms with Crippen LogP contribution in [0.25, 0.3) is 10.5 Å². The number of hydrogen-bond donors (Lipinski definition) is 0. The van der Waals surface area contributed by atoms with Crippen LogP contribution in [0.5, 0.6) is 0 Å². The van der Waals surface area contributed by atoms with Crippen molar-refractivity contribution in [2.24, 2.45) is 0 Å². The molecule has 2 aromatic heterocycles. The fraction of sp³-hybridized carbons (Fsp3) is 0.222. The second-order valence-corrected chi connectivity index (χ2v) is 2.84. The van der Waals surface area contributed by atoms with Crippen LogP contribution in [0.2, 0.25) is 0 Å². The van der Waals surface area contributed by atoms with Crippen molar-refractivity contribution in [2.75, 3.05) is 0 Å². The van der Waals surface area contributed by atoms with Crippen molar-refractivity contribution in [3.8, 4) is 0 Å². The van der Waals surface area contributed by atoms with Gasteiger partial charge in [-0.1, -0.05) is 6.57 Å². The molecule has 2 rings (SSSR count). The van der Waals surface area contributed by atoms with Gasteiger partial charge in [0.05, 0.1) is 18.1 Å². The zero-order valence-electron chi connectivity index (χ0n) is 7.44. The first-order valence-electron chi connectivity index (χ1n) is 3.91. The van der Waals surface area contributed by atoms with Crippen molar-refractivity contribution in [1.29, 1.82) is 0 Å². The van der Waals surface area contributed by atoms with Gasteiger partial charge in [-0.05, 0) is 13.8 Å². The highest BCUT2D eigenvalue weighted by Gasteiger charge is 2.09. The summed E-state index contributed by atoms with van der Waals surface area (Å²) in [6, 6.07) is 0. The number of nitrogens with zero attached hydrogens (tertiary/aromatic N) is 4. The van der Waals surface area contributed by atoms with Gasteiger partial charge in [0.2, 0.25) is 5.65 Å². The van der Waals surface area contributed by atoms with Crippen molar-refractivity contribution in [2.45, 2.75) is 13.8 Å². The fourth-order valence-corrected chi connectivity index (χ4v) is 1.40. The van der Waals surface area contributed by atoms with Gasteiger partial charge in [0, 0.05) is 0 Å². The van der Waals surface area contributed by atoms with E-state index in [9.17, 15) is 0 Å². The van der Waals surface area contributed by atoms with E-state index >= 15 is 0 Å². The Morgan fingerprint density at radius 3 is 2.85 bits per heavy atom. The maximum Gasteiger partial charge on any atom is 0.257 e. The number of aromatic nitrogens is 3. The first-order chi connectivity index (χ1) is 6.24. The van der Waals surface area contributed by atoms with Crippen LogP contribution in [0.4, 0.5) is 5.82 Å². The smallest absolute Gasteiger partial charge is 0.257 e. The lowest BCUT2D eigenvalue weighted by atomic mass is 10.4. The van der Waals surface area contributed by atoms with Crippen LogP contribution < -0.4 is 0 Å². The summed E-state index contributed by atoms with van der Waals surface area (Å²) in [5, 5.41) is 0. The molecular weight excluding hydrogens is 164 g/mol. The summed E-state index contributed by atoms with van der Waals surface area (Å²) in [7, 11) is 0. The van der Waals surface area contributed by atoms with Crippen molar-refractivity contribution >= 4 is 11.5 Å². The van der Waals surface area contributed by atoms with E-state index in [1.165, 1.54) is 0 Å². The van der Waals surface area contributed by atoms with Gasteiger partial charge >= 0.3 is 0 Å². The average molecular weight is 172 g/mol. The summed E-state index contributed by atoms with van der Waals surface area (Å²) >= 11 is 0. The van der Waals surface area contributed by atoms with E-state index in [4.69, 9.17) is 6.57 Å². The van der Waals surface area contributed by atoms with E-state index in [2.05, 4.69) is 14.8 Å². The molecule has 13 heavy (non-hydrogen) atoms. The van der Waals surface area contributed by atoms with Crippen LogP contribution in [0.1, 0.15) is 11.4 Å². The van der Waals surface area contributed by atoms with Gasteiger partial charge < -0.3 is 4.85 Å². The molecule has 0 saturated carbocycles. The van der Waals surface area contributed by atoms with Crippen LogP contribution in [-0.4, -0.2) is 14.4 Å². The third kappa shape index (κ3) is 0.975. The van der Waals surface area contributed by atoms with E-state index in [1.54, 1.807) is 16.8 Å². The minimum absolute atomic E-state index is 0.540. The first-order valence-corrected chi connectivity index (χ1v) is 3.91. The number of fused-ring (bicyclic) bond motifs is 1. The van der Waals surface area contributed by atoms with Crippen molar-refractivity contribution < 1.29 is 0 Å². The molecule has 0 unspecified atom stereocenters. The molecular formula is C9H8N4. The zero-order chi connectivity index (χ0) is 9.42. The predicted octanol–water partition coefficient (Wildman–Crippen LogP) is 1.90. The zero-order valence-corrected chi connectivity index (χ0v) is 7.44. The third-order valence-electron chi connectivity index (χ3n) is 1.96. The summed E-state index contributed by atoms with van der Waals surface area (Å²) in [4.78, 5) is 11.8. The maximum absolute atomic E-state index is 7.01. The highest BCUT2D eigenvalue weighted by atomic mass is 15.1. The maximum atomic E-state index is 7.01. The summed E-state index contributed by atoms with van der Waals surface area (Å²) < 4.78 is 1.77. The molecule has 0 saturated heterocycles. The molecule has 64 valence electrons. The molecule has 0 radical (unpaired) electrons. The Morgan fingerprint density at radius 2 is 2.15 bits per heavy atom. The SMILES string of the molecule is [C-]#[N+]c1c(C)nc(C)c2nccn12.